The normalized spacial score (nSPS) is 10.3. The van der Waals surface area contributed by atoms with Crippen molar-refractivity contribution in [3.05, 3.63) is 21.6 Å². The Kier molecular flexibility index (Phi) is 4.59. The Hall–Kier alpha value is -1.54. The van der Waals surface area contributed by atoms with Crippen molar-refractivity contribution in [1.29, 1.82) is 0 Å². The van der Waals surface area contributed by atoms with Crippen LogP contribution in [0.3, 0.4) is 0 Å². The van der Waals surface area contributed by atoms with E-state index < -0.39 is 0 Å². The summed E-state index contributed by atoms with van der Waals surface area (Å²) in [5.74, 6) is -0.188. The lowest BCUT2D eigenvalue weighted by Crippen LogP contribution is -2.25. The molecule has 2 heterocycles. The predicted octanol–water partition coefficient (Wildman–Crippen LogP) is 1.40. The highest BCUT2D eigenvalue weighted by atomic mass is 32.1. The first-order valence-corrected chi connectivity index (χ1v) is 7.28. The highest BCUT2D eigenvalue weighted by Crippen LogP contribution is 2.14. The molecule has 0 atom stereocenters. The average Bonchev–Trinajstić information content (AvgIpc) is 3.00. The molecule has 2 rings (SSSR count). The maximum atomic E-state index is 11.7. The van der Waals surface area contributed by atoms with Crippen LogP contribution in [0.1, 0.15) is 22.4 Å². The molecular formula is C10H13N5OS2. The molecule has 0 saturated heterocycles. The van der Waals surface area contributed by atoms with Crippen LogP contribution in [0.4, 0.5) is 5.13 Å². The van der Waals surface area contributed by atoms with Crippen molar-refractivity contribution in [2.75, 3.05) is 18.4 Å². The van der Waals surface area contributed by atoms with Crippen LogP contribution >= 0.6 is 22.7 Å². The number of hydrogen-bond acceptors (Lipinski definition) is 7. The molecule has 1 amide bonds. The summed E-state index contributed by atoms with van der Waals surface area (Å²) < 4.78 is 0. The van der Waals surface area contributed by atoms with Crippen molar-refractivity contribution in [2.24, 2.45) is 0 Å². The molecular weight excluding hydrogens is 270 g/mol. The van der Waals surface area contributed by atoms with Crippen molar-refractivity contribution >= 4 is 33.7 Å². The zero-order valence-electron chi connectivity index (χ0n) is 9.84. The van der Waals surface area contributed by atoms with Gasteiger partial charge >= 0.3 is 0 Å². The summed E-state index contributed by atoms with van der Waals surface area (Å²) in [4.78, 5) is 15.9. The van der Waals surface area contributed by atoms with Gasteiger partial charge in [-0.05, 0) is 6.92 Å². The fraction of sp³-hybridized carbons (Fsp3) is 0.400. The number of carbonyl (C=O) groups excluding carboxylic acids is 1. The van der Waals surface area contributed by atoms with Gasteiger partial charge in [0, 0.05) is 24.9 Å². The maximum Gasteiger partial charge on any atom is 0.282 e. The standard InChI is InChI=1S/C10H13N5OS2/c1-2-11-10-15-14-9(18-10)8(16)12-4-3-7-5-17-6-13-7/h5-6H,2-4H2,1H3,(H,11,15)(H,12,16). The van der Waals surface area contributed by atoms with Crippen molar-refractivity contribution < 1.29 is 4.79 Å². The van der Waals surface area contributed by atoms with E-state index in [2.05, 4.69) is 25.8 Å². The zero-order valence-corrected chi connectivity index (χ0v) is 11.5. The van der Waals surface area contributed by atoms with Crippen LogP contribution in [0.5, 0.6) is 0 Å². The number of nitrogens with zero attached hydrogens (tertiary/aromatic N) is 3. The number of aromatic nitrogens is 3. The lowest BCUT2D eigenvalue weighted by atomic mass is 10.3. The van der Waals surface area contributed by atoms with Gasteiger partial charge in [0.05, 0.1) is 11.2 Å². The number of rotatable bonds is 6. The Morgan fingerprint density at radius 1 is 1.44 bits per heavy atom. The molecule has 18 heavy (non-hydrogen) atoms. The van der Waals surface area contributed by atoms with E-state index in [9.17, 15) is 4.79 Å². The molecule has 0 fully saturated rings. The van der Waals surface area contributed by atoms with Gasteiger partial charge in [-0.2, -0.15) is 0 Å². The van der Waals surface area contributed by atoms with Crippen LogP contribution in [0.15, 0.2) is 10.9 Å². The van der Waals surface area contributed by atoms with Crippen LogP contribution in [-0.2, 0) is 6.42 Å². The van der Waals surface area contributed by atoms with Crippen LogP contribution < -0.4 is 10.6 Å². The number of thiazole rings is 1. The quantitative estimate of drug-likeness (QED) is 0.837. The van der Waals surface area contributed by atoms with E-state index in [1.54, 1.807) is 16.8 Å². The van der Waals surface area contributed by atoms with Gasteiger partial charge in [0.2, 0.25) is 10.1 Å². The molecule has 2 N–H and O–H groups in total. The summed E-state index contributed by atoms with van der Waals surface area (Å²) in [7, 11) is 0. The summed E-state index contributed by atoms with van der Waals surface area (Å²) in [5, 5.41) is 16.5. The second-order valence-corrected chi connectivity index (χ2v) is 5.12. The van der Waals surface area contributed by atoms with Gasteiger partial charge in [0.1, 0.15) is 0 Å². The number of nitrogens with one attached hydrogen (secondary N) is 2. The molecule has 0 saturated carbocycles. The molecule has 0 aliphatic heterocycles. The van der Waals surface area contributed by atoms with Crippen molar-refractivity contribution in [3.8, 4) is 0 Å². The average molecular weight is 283 g/mol. The Labute approximate surface area is 112 Å². The molecule has 0 bridgehead atoms. The minimum Gasteiger partial charge on any atom is -0.360 e. The number of carbonyl (C=O) groups is 1. The summed E-state index contributed by atoms with van der Waals surface area (Å²) in [6.07, 6.45) is 0.730. The minimum atomic E-state index is -0.188. The molecule has 2 aromatic heterocycles. The van der Waals surface area contributed by atoms with E-state index in [0.717, 1.165) is 18.7 Å². The molecule has 8 heteroatoms. The topological polar surface area (TPSA) is 79.8 Å². The van der Waals surface area contributed by atoms with Gasteiger partial charge in [0.15, 0.2) is 0 Å². The van der Waals surface area contributed by atoms with Crippen molar-refractivity contribution in [1.82, 2.24) is 20.5 Å². The predicted molar refractivity (Wildman–Crippen MR) is 72.2 cm³/mol. The second-order valence-electron chi connectivity index (χ2n) is 3.43. The molecule has 0 radical (unpaired) electrons. The second kappa shape index (κ2) is 6.41. The fourth-order valence-electron chi connectivity index (χ4n) is 1.28. The SMILES string of the molecule is CCNc1nnc(C(=O)NCCc2cscn2)s1. The smallest absolute Gasteiger partial charge is 0.282 e. The lowest BCUT2D eigenvalue weighted by molar-refractivity contribution is 0.0953. The first kappa shape index (κ1) is 12.9. The van der Waals surface area contributed by atoms with E-state index >= 15 is 0 Å². The summed E-state index contributed by atoms with van der Waals surface area (Å²) in [5.41, 5.74) is 2.77. The number of anilines is 1. The minimum absolute atomic E-state index is 0.188. The van der Waals surface area contributed by atoms with Gasteiger partial charge in [-0.25, -0.2) is 4.98 Å². The number of amides is 1. The van der Waals surface area contributed by atoms with Crippen molar-refractivity contribution in [2.45, 2.75) is 13.3 Å². The summed E-state index contributed by atoms with van der Waals surface area (Å²) in [6, 6.07) is 0. The van der Waals surface area contributed by atoms with E-state index in [0.29, 0.717) is 16.7 Å². The van der Waals surface area contributed by atoms with Gasteiger partial charge in [0.25, 0.3) is 5.91 Å². The third kappa shape index (κ3) is 3.47. The summed E-state index contributed by atoms with van der Waals surface area (Å²) >= 11 is 2.81. The Bertz CT molecular complexity index is 496. The van der Waals surface area contributed by atoms with Crippen LogP contribution in [-0.4, -0.2) is 34.2 Å². The Morgan fingerprint density at radius 2 is 2.33 bits per heavy atom. The van der Waals surface area contributed by atoms with E-state index in [-0.39, 0.29) is 5.91 Å². The molecule has 2 aromatic rings. The van der Waals surface area contributed by atoms with Gasteiger partial charge in [-0.15, -0.1) is 21.5 Å². The molecule has 0 aromatic carbocycles. The summed E-state index contributed by atoms with van der Waals surface area (Å²) in [6.45, 7) is 3.29. The first-order chi connectivity index (χ1) is 8.79. The Morgan fingerprint density at radius 3 is 3.06 bits per heavy atom. The van der Waals surface area contributed by atoms with Gasteiger partial charge in [-0.1, -0.05) is 11.3 Å². The van der Waals surface area contributed by atoms with Crippen LogP contribution in [0, 0.1) is 0 Å². The molecule has 96 valence electrons. The molecule has 0 unspecified atom stereocenters. The monoisotopic (exact) mass is 283 g/mol. The Balaban J connectivity index is 1.80. The maximum absolute atomic E-state index is 11.7. The van der Waals surface area contributed by atoms with E-state index in [1.807, 2.05) is 12.3 Å². The van der Waals surface area contributed by atoms with E-state index in [4.69, 9.17) is 0 Å². The van der Waals surface area contributed by atoms with E-state index in [1.165, 1.54) is 11.3 Å². The zero-order chi connectivity index (χ0) is 12.8. The molecule has 0 spiro atoms. The number of hydrogen-bond donors (Lipinski definition) is 2. The highest BCUT2D eigenvalue weighted by Gasteiger charge is 2.11. The largest absolute Gasteiger partial charge is 0.360 e. The molecule has 6 nitrogen and oxygen atoms in total. The van der Waals surface area contributed by atoms with Crippen LogP contribution in [0.25, 0.3) is 0 Å². The molecule has 0 aliphatic rings. The third-order valence-electron chi connectivity index (χ3n) is 2.10. The highest BCUT2D eigenvalue weighted by molar-refractivity contribution is 7.17. The van der Waals surface area contributed by atoms with Gasteiger partial charge in [-0.3, -0.25) is 4.79 Å². The first-order valence-electron chi connectivity index (χ1n) is 5.52. The van der Waals surface area contributed by atoms with Gasteiger partial charge < -0.3 is 10.6 Å². The molecule has 0 aliphatic carbocycles. The lowest BCUT2D eigenvalue weighted by Gasteiger charge is -2.00. The fourth-order valence-corrected chi connectivity index (χ4v) is 2.60. The third-order valence-corrected chi connectivity index (χ3v) is 3.61. The van der Waals surface area contributed by atoms with Crippen molar-refractivity contribution in [3.63, 3.8) is 0 Å². The van der Waals surface area contributed by atoms with Crippen LogP contribution in [0.2, 0.25) is 0 Å².